The van der Waals surface area contributed by atoms with Crippen LogP contribution in [-0.4, -0.2) is 49.8 Å². The zero-order valence-corrected chi connectivity index (χ0v) is 16.1. The van der Waals surface area contributed by atoms with Crippen LogP contribution in [0.25, 0.3) is 0 Å². The summed E-state index contributed by atoms with van der Waals surface area (Å²) >= 11 is 0. The summed E-state index contributed by atoms with van der Waals surface area (Å²) in [6.07, 6.45) is 6.09. The van der Waals surface area contributed by atoms with Gasteiger partial charge >= 0.3 is 0 Å². The monoisotopic (exact) mass is 357 g/mol. The second kappa shape index (κ2) is 7.32. The fourth-order valence-corrected chi connectivity index (χ4v) is 4.47. The van der Waals surface area contributed by atoms with Gasteiger partial charge in [0.2, 0.25) is 0 Å². The lowest BCUT2D eigenvalue weighted by Crippen LogP contribution is -2.43. The summed E-state index contributed by atoms with van der Waals surface area (Å²) in [4.78, 5) is 14.9. The Morgan fingerprint density at radius 1 is 1.15 bits per heavy atom. The van der Waals surface area contributed by atoms with Gasteiger partial charge in [-0.25, -0.2) is 0 Å². The molecule has 4 rings (SSSR count). The molecule has 26 heavy (non-hydrogen) atoms. The number of ether oxygens (including phenoxy) is 2. The zero-order chi connectivity index (χ0) is 18.1. The standard InChI is InChI=1S/C22H31NO3/c1-16-9-17(2)11-19(10-16)21(24)23-7-5-22(6-8-23)12-20(26-15-22)14-25-13-18-3-4-18/h9-11,18,20H,3-8,12-15H2,1-2H3. The Hall–Kier alpha value is -1.39. The van der Waals surface area contributed by atoms with Crippen molar-refractivity contribution in [2.45, 2.75) is 52.1 Å². The summed E-state index contributed by atoms with van der Waals surface area (Å²) in [6.45, 7) is 8.26. The van der Waals surface area contributed by atoms with E-state index in [2.05, 4.69) is 19.9 Å². The molecule has 1 saturated carbocycles. The van der Waals surface area contributed by atoms with E-state index in [1.54, 1.807) is 0 Å². The minimum atomic E-state index is 0.176. The first-order chi connectivity index (χ1) is 12.5. The molecular weight excluding hydrogens is 326 g/mol. The minimum absolute atomic E-state index is 0.176. The van der Waals surface area contributed by atoms with Crippen LogP contribution in [0.5, 0.6) is 0 Å². The van der Waals surface area contributed by atoms with Gasteiger partial charge in [0, 0.05) is 25.3 Å². The highest BCUT2D eigenvalue weighted by Crippen LogP contribution is 2.42. The molecule has 2 heterocycles. The van der Waals surface area contributed by atoms with Crippen molar-refractivity contribution in [3.05, 3.63) is 34.9 Å². The normalized spacial score (nSPS) is 25.0. The van der Waals surface area contributed by atoms with Crippen LogP contribution in [0.2, 0.25) is 0 Å². The van der Waals surface area contributed by atoms with Gasteiger partial charge < -0.3 is 14.4 Å². The lowest BCUT2D eigenvalue weighted by molar-refractivity contribution is 0.00938. The van der Waals surface area contributed by atoms with Crippen LogP contribution in [0.15, 0.2) is 18.2 Å². The second-order valence-electron chi connectivity index (χ2n) is 8.79. The topological polar surface area (TPSA) is 38.8 Å². The molecule has 3 aliphatic rings. The van der Waals surface area contributed by atoms with E-state index in [-0.39, 0.29) is 17.4 Å². The van der Waals surface area contributed by atoms with E-state index < -0.39 is 0 Å². The zero-order valence-electron chi connectivity index (χ0n) is 16.1. The molecule has 1 aromatic carbocycles. The molecule has 142 valence electrons. The molecule has 3 fully saturated rings. The van der Waals surface area contributed by atoms with Gasteiger partial charge in [0.1, 0.15) is 0 Å². The Morgan fingerprint density at radius 2 is 1.85 bits per heavy atom. The third-order valence-electron chi connectivity index (χ3n) is 6.22. The number of likely N-dealkylation sites (tertiary alicyclic amines) is 1. The highest BCUT2D eigenvalue weighted by Gasteiger charge is 2.43. The molecule has 1 aliphatic carbocycles. The van der Waals surface area contributed by atoms with Crippen molar-refractivity contribution in [2.75, 3.05) is 32.9 Å². The molecule has 1 spiro atoms. The molecule has 0 bridgehead atoms. The predicted molar refractivity (Wildman–Crippen MR) is 101 cm³/mol. The maximum Gasteiger partial charge on any atom is 0.253 e. The van der Waals surface area contributed by atoms with Crippen LogP contribution in [0.3, 0.4) is 0 Å². The van der Waals surface area contributed by atoms with Gasteiger partial charge in [-0.15, -0.1) is 0 Å². The van der Waals surface area contributed by atoms with Gasteiger partial charge in [-0.2, -0.15) is 0 Å². The Morgan fingerprint density at radius 3 is 2.50 bits per heavy atom. The molecule has 1 unspecified atom stereocenters. The number of carbonyl (C=O) groups excluding carboxylic acids is 1. The smallest absolute Gasteiger partial charge is 0.253 e. The van der Waals surface area contributed by atoms with Crippen LogP contribution in [-0.2, 0) is 9.47 Å². The van der Waals surface area contributed by atoms with E-state index in [0.29, 0.717) is 0 Å². The first-order valence-corrected chi connectivity index (χ1v) is 10.1. The van der Waals surface area contributed by atoms with Crippen molar-refractivity contribution in [2.24, 2.45) is 11.3 Å². The largest absolute Gasteiger partial charge is 0.378 e. The van der Waals surface area contributed by atoms with Crippen molar-refractivity contribution >= 4 is 5.91 Å². The number of hydrogen-bond donors (Lipinski definition) is 0. The Balaban J connectivity index is 1.28. The molecule has 0 radical (unpaired) electrons. The molecule has 4 heteroatoms. The maximum absolute atomic E-state index is 12.9. The highest BCUT2D eigenvalue weighted by molar-refractivity contribution is 5.94. The van der Waals surface area contributed by atoms with Crippen molar-refractivity contribution in [1.29, 1.82) is 0 Å². The average Bonchev–Trinajstić information content (AvgIpc) is 3.36. The van der Waals surface area contributed by atoms with Crippen molar-refractivity contribution in [1.82, 2.24) is 4.90 Å². The molecule has 4 nitrogen and oxygen atoms in total. The predicted octanol–water partition coefficient (Wildman–Crippen LogP) is 3.74. The number of nitrogens with zero attached hydrogens (tertiary/aromatic N) is 1. The lowest BCUT2D eigenvalue weighted by Gasteiger charge is -2.38. The second-order valence-corrected chi connectivity index (χ2v) is 8.79. The quantitative estimate of drug-likeness (QED) is 0.806. The number of rotatable bonds is 5. The van der Waals surface area contributed by atoms with Crippen molar-refractivity contribution < 1.29 is 14.3 Å². The first kappa shape index (κ1) is 18.0. The van der Waals surface area contributed by atoms with Crippen LogP contribution in [0.4, 0.5) is 0 Å². The molecule has 1 aromatic rings. The molecule has 0 N–H and O–H groups in total. The van der Waals surface area contributed by atoms with E-state index in [0.717, 1.165) is 74.8 Å². The van der Waals surface area contributed by atoms with E-state index >= 15 is 0 Å². The maximum atomic E-state index is 12.9. The molecule has 1 atom stereocenters. The van der Waals surface area contributed by atoms with Gasteiger partial charge in [0.25, 0.3) is 5.91 Å². The van der Waals surface area contributed by atoms with Crippen LogP contribution in [0.1, 0.15) is 53.6 Å². The van der Waals surface area contributed by atoms with Crippen LogP contribution < -0.4 is 0 Å². The van der Waals surface area contributed by atoms with Crippen LogP contribution in [0, 0.1) is 25.2 Å². The summed E-state index contributed by atoms with van der Waals surface area (Å²) < 4.78 is 11.9. The third kappa shape index (κ3) is 4.12. The summed E-state index contributed by atoms with van der Waals surface area (Å²) in [6, 6.07) is 6.13. The summed E-state index contributed by atoms with van der Waals surface area (Å²) in [7, 11) is 0. The van der Waals surface area contributed by atoms with Crippen molar-refractivity contribution in [3.8, 4) is 0 Å². The van der Waals surface area contributed by atoms with Gasteiger partial charge in [-0.1, -0.05) is 17.2 Å². The summed E-state index contributed by atoms with van der Waals surface area (Å²) in [5, 5.41) is 0. The SMILES string of the molecule is Cc1cc(C)cc(C(=O)N2CCC3(CC2)COC(COCC2CC2)C3)c1. The fraction of sp³-hybridized carbons (Fsp3) is 0.682. The Kier molecular flexibility index (Phi) is 5.07. The Labute approximate surface area is 156 Å². The molecule has 1 amide bonds. The van der Waals surface area contributed by atoms with Gasteiger partial charge in [-0.05, 0) is 69.4 Å². The van der Waals surface area contributed by atoms with E-state index in [4.69, 9.17) is 9.47 Å². The number of amides is 1. The minimum Gasteiger partial charge on any atom is -0.378 e. The number of hydrogen-bond acceptors (Lipinski definition) is 3. The highest BCUT2D eigenvalue weighted by atomic mass is 16.5. The Bertz CT molecular complexity index is 639. The van der Waals surface area contributed by atoms with Crippen LogP contribution >= 0.6 is 0 Å². The molecule has 0 aromatic heterocycles. The lowest BCUT2D eigenvalue weighted by atomic mass is 9.76. The van der Waals surface area contributed by atoms with E-state index in [9.17, 15) is 4.79 Å². The van der Waals surface area contributed by atoms with Gasteiger partial charge in [0.15, 0.2) is 0 Å². The first-order valence-electron chi connectivity index (χ1n) is 10.1. The molecular formula is C22H31NO3. The number of carbonyl (C=O) groups is 1. The summed E-state index contributed by atoms with van der Waals surface area (Å²) in [5.41, 5.74) is 3.39. The molecule has 2 aliphatic heterocycles. The van der Waals surface area contributed by atoms with Crippen molar-refractivity contribution in [3.63, 3.8) is 0 Å². The van der Waals surface area contributed by atoms with E-state index in [1.165, 1.54) is 12.8 Å². The molecule has 2 saturated heterocycles. The van der Waals surface area contributed by atoms with Gasteiger partial charge in [-0.3, -0.25) is 4.79 Å². The number of aryl methyl sites for hydroxylation is 2. The van der Waals surface area contributed by atoms with E-state index in [1.807, 2.05) is 17.0 Å². The fourth-order valence-electron chi connectivity index (χ4n) is 4.47. The van der Waals surface area contributed by atoms with Gasteiger partial charge in [0.05, 0.1) is 19.3 Å². The average molecular weight is 357 g/mol. The summed E-state index contributed by atoms with van der Waals surface area (Å²) in [5.74, 6) is 0.986. The third-order valence-corrected chi connectivity index (χ3v) is 6.22. The number of piperidine rings is 1. The number of benzene rings is 1.